The fourth-order valence-corrected chi connectivity index (χ4v) is 4.74. The highest BCUT2D eigenvalue weighted by atomic mass is 35.5. The Balaban J connectivity index is 1.26. The Morgan fingerprint density at radius 3 is 2.64 bits per heavy atom. The van der Waals surface area contributed by atoms with Crippen molar-refractivity contribution in [3.05, 3.63) is 50.9 Å². The molecule has 1 saturated heterocycles. The van der Waals surface area contributed by atoms with Crippen LogP contribution in [0.5, 0.6) is 0 Å². The first-order chi connectivity index (χ1) is 13.6. The quantitative estimate of drug-likeness (QED) is 0.778. The Morgan fingerprint density at radius 2 is 1.93 bits per heavy atom. The van der Waals surface area contributed by atoms with Crippen molar-refractivity contribution >= 4 is 34.8 Å². The third-order valence-corrected chi connectivity index (χ3v) is 6.88. The summed E-state index contributed by atoms with van der Waals surface area (Å²) >= 11 is 7.84. The van der Waals surface area contributed by atoms with Crippen LogP contribution in [0.3, 0.4) is 0 Å². The minimum Gasteiger partial charge on any atom is -0.350 e. The highest BCUT2D eigenvalue weighted by Gasteiger charge is 2.29. The predicted octanol–water partition coefficient (Wildman–Crippen LogP) is 3.77. The van der Waals surface area contributed by atoms with Crippen molar-refractivity contribution < 1.29 is 9.59 Å². The molecule has 0 atom stereocenters. The van der Waals surface area contributed by atoms with Crippen LogP contribution in [0.25, 0.3) is 0 Å². The fourth-order valence-electron chi connectivity index (χ4n) is 3.55. The summed E-state index contributed by atoms with van der Waals surface area (Å²) in [6.07, 6.45) is 4.24. The van der Waals surface area contributed by atoms with E-state index in [2.05, 4.69) is 5.32 Å². The van der Waals surface area contributed by atoms with Gasteiger partial charge in [0.2, 0.25) is 11.8 Å². The number of amides is 2. The van der Waals surface area contributed by atoms with Gasteiger partial charge in [-0.3, -0.25) is 9.59 Å². The maximum absolute atomic E-state index is 12.6. The number of thiazole rings is 1. The van der Waals surface area contributed by atoms with Crippen molar-refractivity contribution in [2.75, 3.05) is 13.1 Å². The van der Waals surface area contributed by atoms with Gasteiger partial charge in [0.05, 0.1) is 23.7 Å². The van der Waals surface area contributed by atoms with E-state index in [-0.39, 0.29) is 17.7 Å². The van der Waals surface area contributed by atoms with Crippen molar-refractivity contribution in [1.29, 1.82) is 0 Å². The van der Waals surface area contributed by atoms with Gasteiger partial charge in [-0.1, -0.05) is 29.8 Å². The molecule has 2 heterocycles. The summed E-state index contributed by atoms with van der Waals surface area (Å²) in [7, 11) is 0. The van der Waals surface area contributed by atoms with E-state index in [4.69, 9.17) is 16.6 Å². The number of carbonyl (C=O) groups is 2. The molecule has 7 heteroatoms. The Hall–Kier alpha value is -1.92. The van der Waals surface area contributed by atoms with E-state index in [1.54, 1.807) is 11.3 Å². The van der Waals surface area contributed by atoms with Crippen LogP contribution in [0.2, 0.25) is 5.02 Å². The number of nitrogens with one attached hydrogen (secondary N) is 1. The van der Waals surface area contributed by atoms with E-state index >= 15 is 0 Å². The summed E-state index contributed by atoms with van der Waals surface area (Å²) in [5.41, 5.74) is 1.82. The van der Waals surface area contributed by atoms with Crippen LogP contribution in [-0.4, -0.2) is 34.8 Å². The van der Waals surface area contributed by atoms with Crippen molar-refractivity contribution in [2.24, 2.45) is 5.92 Å². The largest absolute Gasteiger partial charge is 0.350 e. The van der Waals surface area contributed by atoms with Crippen molar-refractivity contribution in [3.8, 4) is 0 Å². The molecular formula is C21H24ClN3O2S. The van der Waals surface area contributed by atoms with Crippen molar-refractivity contribution in [2.45, 2.75) is 44.6 Å². The number of hydrogen-bond donors (Lipinski definition) is 1. The Morgan fingerprint density at radius 1 is 1.18 bits per heavy atom. The molecule has 2 aliphatic rings. The molecule has 0 spiro atoms. The third kappa shape index (κ3) is 4.73. The predicted molar refractivity (Wildman–Crippen MR) is 110 cm³/mol. The van der Waals surface area contributed by atoms with Gasteiger partial charge < -0.3 is 10.2 Å². The number of halogens is 1. The number of piperidine rings is 1. The Kier molecular flexibility index (Phi) is 5.97. The van der Waals surface area contributed by atoms with Gasteiger partial charge in [-0.05, 0) is 37.3 Å². The Bertz CT molecular complexity index is 857. The van der Waals surface area contributed by atoms with Crippen molar-refractivity contribution in [3.63, 3.8) is 0 Å². The van der Waals surface area contributed by atoms with Crippen LogP contribution in [0.4, 0.5) is 0 Å². The average molecular weight is 418 g/mol. The van der Waals surface area contributed by atoms with Crippen LogP contribution in [0, 0.1) is 5.92 Å². The van der Waals surface area contributed by atoms with Gasteiger partial charge in [0.25, 0.3) is 0 Å². The van der Waals surface area contributed by atoms with Crippen LogP contribution in [0.15, 0.2) is 29.6 Å². The standard InChI is InChI=1S/C21H24ClN3O2S/c22-18-4-2-1-3-16(18)11-19(26)25-9-7-15(8-10-25)21-24-17(13-28-21)12-23-20(27)14-5-6-14/h1-4,13-15H,5-12H2,(H,23,27). The molecule has 1 aliphatic carbocycles. The molecule has 2 fully saturated rings. The molecule has 0 bridgehead atoms. The van der Waals surface area contributed by atoms with Gasteiger partial charge in [-0.15, -0.1) is 11.3 Å². The third-order valence-electron chi connectivity index (χ3n) is 5.46. The van der Waals surface area contributed by atoms with Gasteiger partial charge in [0.1, 0.15) is 0 Å². The first-order valence-electron chi connectivity index (χ1n) is 9.83. The van der Waals surface area contributed by atoms with Crippen LogP contribution in [-0.2, 0) is 22.6 Å². The number of aromatic nitrogens is 1. The van der Waals surface area contributed by atoms with Gasteiger partial charge in [-0.2, -0.15) is 0 Å². The molecule has 1 N–H and O–H groups in total. The lowest BCUT2D eigenvalue weighted by Crippen LogP contribution is -2.38. The van der Waals surface area contributed by atoms with Crippen LogP contribution >= 0.6 is 22.9 Å². The number of rotatable bonds is 6. The molecule has 2 amide bonds. The molecule has 1 aromatic heterocycles. The lowest BCUT2D eigenvalue weighted by Gasteiger charge is -2.31. The van der Waals surface area contributed by atoms with Gasteiger partial charge in [0, 0.05) is 35.3 Å². The molecule has 1 aromatic carbocycles. The van der Waals surface area contributed by atoms with Gasteiger partial charge >= 0.3 is 0 Å². The SMILES string of the molecule is O=C(NCc1csc(C2CCN(C(=O)Cc3ccccc3Cl)CC2)n1)C1CC1. The molecule has 0 radical (unpaired) electrons. The van der Waals surface area contributed by atoms with E-state index in [0.717, 1.165) is 55.0 Å². The minimum absolute atomic E-state index is 0.133. The fraction of sp³-hybridized carbons (Fsp3) is 0.476. The maximum atomic E-state index is 12.6. The topological polar surface area (TPSA) is 62.3 Å². The number of likely N-dealkylation sites (tertiary alicyclic amines) is 1. The highest BCUT2D eigenvalue weighted by molar-refractivity contribution is 7.09. The minimum atomic E-state index is 0.133. The lowest BCUT2D eigenvalue weighted by molar-refractivity contribution is -0.131. The molecule has 1 aliphatic heterocycles. The number of nitrogens with zero attached hydrogens (tertiary/aromatic N) is 2. The number of carbonyl (C=O) groups excluding carboxylic acids is 2. The number of benzene rings is 1. The lowest BCUT2D eigenvalue weighted by atomic mass is 9.97. The zero-order valence-corrected chi connectivity index (χ0v) is 17.3. The average Bonchev–Trinajstić information content (AvgIpc) is 3.46. The van der Waals surface area contributed by atoms with Gasteiger partial charge in [-0.25, -0.2) is 4.98 Å². The molecule has 5 nitrogen and oxygen atoms in total. The second-order valence-electron chi connectivity index (χ2n) is 7.59. The highest BCUT2D eigenvalue weighted by Crippen LogP contribution is 2.31. The van der Waals surface area contributed by atoms with Gasteiger partial charge in [0.15, 0.2) is 0 Å². The second kappa shape index (κ2) is 8.62. The normalized spacial score (nSPS) is 17.5. The van der Waals surface area contributed by atoms with E-state index in [1.165, 1.54) is 0 Å². The molecule has 0 unspecified atom stereocenters. The second-order valence-corrected chi connectivity index (χ2v) is 8.89. The molecule has 148 valence electrons. The summed E-state index contributed by atoms with van der Waals surface area (Å²) in [5, 5.41) is 6.77. The van der Waals surface area contributed by atoms with Crippen LogP contribution < -0.4 is 5.32 Å². The molecule has 4 rings (SSSR count). The molecule has 2 aromatic rings. The first kappa shape index (κ1) is 19.4. The monoisotopic (exact) mass is 417 g/mol. The summed E-state index contributed by atoms with van der Waals surface area (Å²) in [5.74, 6) is 0.905. The zero-order valence-electron chi connectivity index (χ0n) is 15.7. The summed E-state index contributed by atoms with van der Waals surface area (Å²) in [4.78, 5) is 31.0. The molecule has 28 heavy (non-hydrogen) atoms. The van der Waals surface area contributed by atoms with E-state index in [9.17, 15) is 9.59 Å². The molecule has 1 saturated carbocycles. The van der Waals surface area contributed by atoms with E-state index in [0.29, 0.717) is 23.9 Å². The van der Waals surface area contributed by atoms with E-state index in [1.807, 2.05) is 34.5 Å². The molecular weight excluding hydrogens is 394 g/mol. The smallest absolute Gasteiger partial charge is 0.227 e. The van der Waals surface area contributed by atoms with Crippen LogP contribution in [0.1, 0.15) is 47.9 Å². The summed E-state index contributed by atoms with van der Waals surface area (Å²) in [6, 6.07) is 7.52. The first-order valence-corrected chi connectivity index (χ1v) is 11.1. The summed E-state index contributed by atoms with van der Waals surface area (Å²) < 4.78 is 0. The van der Waals surface area contributed by atoms with Crippen molar-refractivity contribution in [1.82, 2.24) is 15.2 Å². The summed E-state index contributed by atoms with van der Waals surface area (Å²) in [6.45, 7) is 2.02. The van der Waals surface area contributed by atoms with E-state index < -0.39 is 0 Å². The Labute approximate surface area is 174 Å². The number of hydrogen-bond acceptors (Lipinski definition) is 4. The zero-order chi connectivity index (χ0) is 19.5. The maximum Gasteiger partial charge on any atom is 0.227 e.